The first kappa shape index (κ1) is 11.4. The standard InChI is InChI=1S/C13H25NO/c1-10-6-11(2)8-13(14,7-10)12-4-3-5-15-9-12/h10-12H,3-9,14H2,1-2H3. The molecule has 1 saturated carbocycles. The molecule has 0 aromatic heterocycles. The Balaban J connectivity index is 2.02. The normalized spacial score (nSPS) is 47.8. The zero-order valence-corrected chi connectivity index (χ0v) is 10.2. The van der Waals surface area contributed by atoms with E-state index >= 15 is 0 Å². The van der Waals surface area contributed by atoms with E-state index in [0.29, 0.717) is 5.92 Å². The van der Waals surface area contributed by atoms with Crippen LogP contribution in [0.4, 0.5) is 0 Å². The van der Waals surface area contributed by atoms with Gasteiger partial charge in [-0.3, -0.25) is 0 Å². The molecular weight excluding hydrogens is 186 g/mol. The van der Waals surface area contributed by atoms with Crippen LogP contribution < -0.4 is 5.73 Å². The molecule has 2 aliphatic rings. The zero-order chi connectivity index (χ0) is 10.9. The van der Waals surface area contributed by atoms with Crippen LogP contribution in [0, 0.1) is 17.8 Å². The molecular formula is C13H25NO. The second kappa shape index (κ2) is 4.42. The number of hydrogen-bond donors (Lipinski definition) is 1. The van der Waals surface area contributed by atoms with Crippen LogP contribution >= 0.6 is 0 Å². The molecule has 2 fully saturated rings. The lowest BCUT2D eigenvalue weighted by molar-refractivity contribution is -0.00263. The van der Waals surface area contributed by atoms with Gasteiger partial charge >= 0.3 is 0 Å². The van der Waals surface area contributed by atoms with E-state index in [1.165, 1.54) is 32.1 Å². The van der Waals surface area contributed by atoms with E-state index < -0.39 is 0 Å². The number of rotatable bonds is 1. The van der Waals surface area contributed by atoms with Gasteiger partial charge in [-0.2, -0.15) is 0 Å². The summed E-state index contributed by atoms with van der Waals surface area (Å²) >= 11 is 0. The Morgan fingerprint density at radius 2 is 1.87 bits per heavy atom. The molecule has 0 aromatic rings. The van der Waals surface area contributed by atoms with Crippen LogP contribution in [0.2, 0.25) is 0 Å². The van der Waals surface area contributed by atoms with Crippen LogP contribution in [0.3, 0.4) is 0 Å². The lowest BCUT2D eigenvalue weighted by atomic mass is 9.65. The van der Waals surface area contributed by atoms with Crippen LogP contribution in [0.15, 0.2) is 0 Å². The molecule has 2 N–H and O–H groups in total. The van der Waals surface area contributed by atoms with Crippen molar-refractivity contribution in [1.82, 2.24) is 0 Å². The average Bonchev–Trinajstić information content (AvgIpc) is 2.17. The first-order valence-corrected chi connectivity index (χ1v) is 6.47. The molecule has 3 unspecified atom stereocenters. The monoisotopic (exact) mass is 211 g/mol. The van der Waals surface area contributed by atoms with Gasteiger partial charge in [0.15, 0.2) is 0 Å². The van der Waals surface area contributed by atoms with Gasteiger partial charge in [-0.1, -0.05) is 13.8 Å². The Bertz CT molecular complexity index is 201. The van der Waals surface area contributed by atoms with E-state index in [4.69, 9.17) is 10.5 Å². The Morgan fingerprint density at radius 3 is 2.40 bits per heavy atom. The summed E-state index contributed by atoms with van der Waals surface area (Å²) in [6.07, 6.45) is 6.23. The third-order valence-electron chi connectivity index (χ3n) is 4.24. The largest absolute Gasteiger partial charge is 0.381 e. The van der Waals surface area contributed by atoms with Crippen molar-refractivity contribution in [3.8, 4) is 0 Å². The summed E-state index contributed by atoms with van der Waals surface area (Å²) in [5, 5.41) is 0. The van der Waals surface area contributed by atoms with Crippen LogP contribution in [0.1, 0.15) is 46.0 Å². The van der Waals surface area contributed by atoms with Gasteiger partial charge in [0.1, 0.15) is 0 Å². The van der Waals surface area contributed by atoms with Gasteiger partial charge in [-0.05, 0) is 43.9 Å². The minimum Gasteiger partial charge on any atom is -0.381 e. The minimum atomic E-state index is 0.0670. The lowest BCUT2D eigenvalue weighted by Crippen LogP contribution is -2.54. The Hall–Kier alpha value is -0.0800. The summed E-state index contributed by atoms with van der Waals surface area (Å²) in [7, 11) is 0. The summed E-state index contributed by atoms with van der Waals surface area (Å²) < 4.78 is 5.59. The van der Waals surface area contributed by atoms with E-state index in [9.17, 15) is 0 Å². The molecule has 1 aliphatic heterocycles. The lowest BCUT2D eigenvalue weighted by Gasteiger charge is -2.46. The summed E-state index contributed by atoms with van der Waals surface area (Å²) in [5.41, 5.74) is 6.70. The van der Waals surface area contributed by atoms with Crippen LogP contribution in [-0.2, 0) is 4.74 Å². The Labute approximate surface area is 93.6 Å². The molecule has 3 atom stereocenters. The van der Waals surface area contributed by atoms with Gasteiger partial charge < -0.3 is 10.5 Å². The molecule has 0 radical (unpaired) electrons. The fraction of sp³-hybridized carbons (Fsp3) is 1.00. The van der Waals surface area contributed by atoms with Gasteiger partial charge in [0, 0.05) is 18.1 Å². The maximum atomic E-state index is 6.63. The highest BCUT2D eigenvalue weighted by molar-refractivity contribution is 4.97. The van der Waals surface area contributed by atoms with Crippen LogP contribution in [-0.4, -0.2) is 18.8 Å². The second-order valence-electron chi connectivity index (χ2n) is 6.00. The van der Waals surface area contributed by atoms with Gasteiger partial charge in [0.25, 0.3) is 0 Å². The summed E-state index contributed by atoms with van der Waals surface area (Å²) in [5.74, 6) is 2.19. The first-order valence-electron chi connectivity index (χ1n) is 6.47. The molecule has 2 rings (SSSR count). The zero-order valence-electron chi connectivity index (χ0n) is 10.2. The van der Waals surface area contributed by atoms with Gasteiger partial charge in [-0.15, -0.1) is 0 Å². The molecule has 1 saturated heterocycles. The van der Waals surface area contributed by atoms with Crippen molar-refractivity contribution < 1.29 is 4.74 Å². The first-order chi connectivity index (χ1) is 7.10. The van der Waals surface area contributed by atoms with Gasteiger partial charge in [0.05, 0.1) is 6.61 Å². The van der Waals surface area contributed by atoms with Gasteiger partial charge in [-0.25, -0.2) is 0 Å². The minimum absolute atomic E-state index is 0.0670. The SMILES string of the molecule is CC1CC(C)CC(N)(C2CCCOC2)C1. The summed E-state index contributed by atoms with van der Waals surface area (Å²) in [6.45, 7) is 6.54. The average molecular weight is 211 g/mol. The fourth-order valence-electron chi connectivity index (χ4n) is 3.76. The van der Waals surface area contributed by atoms with E-state index in [1.54, 1.807) is 0 Å². The third-order valence-corrected chi connectivity index (χ3v) is 4.24. The van der Waals surface area contributed by atoms with Crippen molar-refractivity contribution in [3.05, 3.63) is 0 Å². The van der Waals surface area contributed by atoms with Crippen molar-refractivity contribution in [3.63, 3.8) is 0 Å². The van der Waals surface area contributed by atoms with E-state index in [0.717, 1.165) is 25.0 Å². The van der Waals surface area contributed by atoms with Crippen molar-refractivity contribution in [2.75, 3.05) is 13.2 Å². The highest BCUT2D eigenvalue weighted by Crippen LogP contribution is 2.41. The maximum Gasteiger partial charge on any atom is 0.0511 e. The predicted octanol–water partition coefficient (Wildman–Crippen LogP) is 2.57. The van der Waals surface area contributed by atoms with Crippen molar-refractivity contribution in [1.29, 1.82) is 0 Å². The highest BCUT2D eigenvalue weighted by Gasteiger charge is 2.41. The number of nitrogens with two attached hydrogens (primary N) is 1. The molecule has 2 nitrogen and oxygen atoms in total. The Morgan fingerprint density at radius 1 is 1.20 bits per heavy atom. The predicted molar refractivity (Wildman–Crippen MR) is 62.6 cm³/mol. The quantitative estimate of drug-likeness (QED) is 0.723. The van der Waals surface area contributed by atoms with E-state index in [-0.39, 0.29) is 5.54 Å². The van der Waals surface area contributed by atoms with E-state index in [1.807, 2.05) is 0 Å². The molecule has 0 bridgehead atoms. The number of hydrogen-bond acceptors (Lipinski definition) is 2. The molecule has 15 heavy (non-hydrogen) atoms. The molecule has 0 amide bonds. The molecule has 1 aliphatic carbocycles. The highest BCUT2D eigenvalue weighted by atomic mass is 16.5. The van der Waals surface area contributed by atoms with Crippen molar-refractivity contribution in [2.45, 2.75) is 51.5 Å². The number of ether oxygens (including phenoxy) is 1. The van der Waals surface area contributed by atoms with Crippen LogP contribution in [0.25, 0.3) is 0 Å². The van der Waals surface area contributed by atoms with Gasteiger partial charge in [0.2, 0.25) is 0 Å². The fourth-order valence-corrected chi connectivity index (χ4v) is 3.76. The molecule has 1 heterocycles. The smallest absolute Gasteiger partial charge is 0.0511 e. The van der Waals surface area contributed by atoms with Crippen LogP contribution in [0.5, 0.6) is 0 Å². The topological polar surface area (TPSA) is 35.2 Å². The van der Waals surface area contributed by atoms with Crippen molar-refractivity contribution in [2.24, 2.45) is 23.5 Å². The third kappa shape index (κ3) is 2.54. The second-order valence-corrected chi connectivity index (χ2v) is 6.00. The maximum absolute atomic E-state index is 6.63. The molecule has 2 heteroatoms. The van der Waals surface area contributed by atoms with Crippen molar-refractivity contribution >= 4 is 0 Å². The summed E-state index contributed by atoms with van der Waals surface area (Å²) in [6, 6.07) is 0. The molecule has 0 aromatic carbocycles. The summed E-state index contributed by atoms with van der Waals surface area (Å²) in [4.78, 5) is 0. The molecule has 88 valence electrons. The molecule has 0 spiro atoms. The van der Waals surface area contributed by atoms with E-state index in [2.05, 4.69) is 13.8 Å². The Kier molecular flexibility index (Phi) is 3.36.